The average molecular weight is 286 g/mol. The summed E-state index contributed by atoms with van der Waals surface area (Å²) in [4.78, 5) is 12.7. The van der Waals surface area contributed by atoms with Gasteiger partial charge in [0.2, 0.25) is 0 Å². The Labute approximate surface area is 118 Å². The predicted molar refractivity (Wildman–Crippen MR) is 75.5 cm³/mol. The lowest BCUT2D eigenvalue weighted by Crippen LogP contribution is -2.42. The zero-order valence-electron chi connectivity index (χ0n) is 11.5. The van der Waals surface area contributed by atoms with E-state index in [4.69, 9.17) is 16.7 Å². The van der Waals surface area contributed by atoms with Gasteiger partial charge in [-0.1, -0.05) is 11.6 Å². The highest BCUT2D eigenvalue weighted by Gasteiger charge is 2.23. The van der Waals surface area contributed by atoms with Gasteiger partial charge >= 0.3 is 5.97 Å². The Bertz CT molecular complexity index is 454. The lowest BCUT2D eigenvalue weighted by Gasteiger charge is -2.35. The zero-order valence-corrected chi connectivity index (χ0v) is 12.2. The molecule has 1 aromatic rings. The summed E-state index contributed by atoms with van der Waals surface area (Å²) in [6, 6.07) is 4.88. The number of carboxylic acid groups (broad SMARTS) is 1. The number of aliphatic carboxylic acids is 1. The van der Waals surface area contributed by atoms with Crippen LogP contribution in [0, 0.1) is 0 Å². The van der Waals surface area contributed by atoms with Crippen LogP contribution in [-0.4, -0.2) is 33.2 Å². The third-order valence-electron chi connectivity index (χ3n) is 2.95. The van der Waals surface area contributed by atoms with Crippen molar-refractivity contribution < 1.29 is 15.0 Å². The molecule has 0 bridgehead atoms. The molecule has 0 spiro atoms. The Morgan fingerprint density at radius 1 is 1.37 bits per heavy atom. The normalized spacial score (nSPS) is 11.8. The van der Waals surface area contributed by atoms with Crippen LogP contribution in [0.3, 0.4) is 0 Å². The molecule has 0 aromatic heterocycles. The Kier molecular flexibility index (Phi) is 5.20. The number of phenols is 1. The van der Waals surface area contributed by atoms with E-state index in [1.165, 1.54) is 0 Å². The molecule has 0 radical (unpaired) electrons. The van der Waals surface area contributed by atoms with Crippen molar-refractivity contribution in [3.8, 4) is 5.75 Å². The minimum absolute atomic E-state index is 0.0681. The number of carboxylic acids is 1. The van der Waals surface area contributed by atoms with Gasteiger partial charge < -0.3 is 10.2 Å². The van der Waals surface area contributed by atoms with Crippen molar-refractivity contribution in [1.82, 2.24) is 4.90 Å². The van der Waals surface area contributed by atoms with Gasteiger partial charge in [-0.15, -0.1) is 0 Å². The van der Waals surface area contributed by atoms with Crippen LogP contribution in [0.2, 0.25) is 5.02 Å². The highest BCUT2D eigenvalue weighted by Crippen LogP contribution is 2.26. The van der Waals surface area contributed by atoms with Crippen molar-refractivity contribution in [3.63, 3.8) is 0 Å². The fourth-order valence-corrected chi connectivity index (χ4v) is 1.96. The standard InChI is InChI=1S/C14H20ClNO3/c1-14(2,3)16(7-6-13(18)19)9-10-8-11(15)4-5-12(10)17/h4-5,8,17H,6-7,9H2,1-3H3,(H,18,19). The number of rotatable bonds is 5. The van der Waals surface area contributed by atoms with Gasteiger partial charge in [0.25, 0.3) is 0 Å². The van der Waals surface area contributed by atoms with E-state index >= 15 is 0 Å². The molecule has 0 heterocycles. The van der Waals surface area contributed by atoms with Gasteiger partial charge in [0, 0.05) is 29.2 Å². The summed E-state index contributed by atoms with van der Waals surface area (Å²) in [7, 11) is 0. The van der Waals surface area contributed by atoms with E-state index in [1.807, 2.05) is 25.7 Å². The molecule has 1 rings (SSSR count). The number of aromatic hydroxyl groups is 1. The molecule has 0 amide bonds. The molecule has 0 fully saturated rings. The average Bonchev–Trinajstić information content (AvgIpc) is 2.26. The molecule has 0 aliphatic carbocycles. The smallest absolute Gasteiger partial charge is 0.304 e. The number of benzene rings is 1. The molecule has 5 heteroatoms. The monoisotopic (exact) mass is 285 g/mol. The highest BCUT2D eigenvalue weighted by atomic mass is 35.5. The molecule has 2 N–H and O–H groups in total. The van der Waals surface area contributed by atoms with Gasteiger partial charge in [-0.2, -0.15) is 0 Å². The van der Waals surface area contributed by atoms with Crippen LogP contribution < -0.4 is 0 Å². The van der Waals surface area contributed by atoms with Crippen LogP contribution in [0.25, 0.3) is 0 Å². The maximum atomic E-state index is 10.7. The first kappa shape index (κ1) is 15.8. The molecule has 106 valence electrons. The number of hydrogen-bond donors (Lipinski definition) is 2. The Morgan fingerprint density at radius 3 is 2.53 bits per heavy atom. The van der Waals surface area contributed by atoms with Crippen LogP contribution in [0.1, 0.15) is 32.8 Å². The second-order valence-corrected chi connectivity index (χ2v) is 5.95. The molecule has 0 atom stereocenters. The minimum atomic E-state index is -0.829. The number of halogens is 1. The van der Waals surface area contributed by atoms with Gasteiger partial charge in [0.1, 0.15) is 5.75 Å². The van der Waals surface area contributed by atoms with Crippen molar-refractivity contribution in [3.05, 3.63) is 28.8 Å². The quantitative estimate of drug-likeness (QED) is 0.872. The lowest BCUT2D eigenvalue weighted by molar-refractivity contribution is -0.137. The number of hydrogen-bond acceptors (Lipinski definition) is 3. The lowest BCUT2D eigenvalue weighted by atomic mass is 10.0. The molecule has 0 unspecified atom stereocenters. The van der Waals surface area contributed by atoms with E-state index in [1.54, 1.807) is 18.2 Å². The summed E-state index contributed by atoms with van der Waals surface area (Å²) in [5.41, 5.74) is 0.511. The molecular formula is C14H20ClNO3. The molecule has 0 aliphatic heterocycles. The second-order valence-electron chi connectivity index (χ2n) is 5.51. The first-order valence-corrected chi connectivity index (χ1v) is 6.52. The van der Waals surface area contributed by atoms with Gasteiger partial charge in [-0.05, 0) is 39.0 Å². The Balaban J connectivity index is 2.88. The maximum absolute atomic E-state index is 10.7. The Morgan fingerprint density at radius 2 is 2.00 bits per heavy atom. The fourth-order valence-electron chi connectivity index (χ4n) is 1.77. The van der Waals surface area contributed by atoms with Gasteiger partial charge in [-0.3, -0.25) is 9.69 Å². The van der Waals surface area contributed by atoms with Crippen molar-refractivity contribution in [2.24, 2.45) is 0 Å². The third kappa shape index (κ3) is 5.09. The van der Waals surface area contributed by atoms with Crippen molar-refractivity contribution in [2.45, 2.75) is 39.3 Å². The van der Waals surface area contributed by atoms with E-state index in [0.717, 1.165) is 0 Å². The van der Waals surface area contributed by atoms with Gasteiger partial charge in [0.05, 0.1) is 6.42 Å². The number of carbonyl (C=O) groups is 1. The first-order chi connectivity index (χ1) is 8.70. The second kappa shape index (κ2) is 6.26. The van der Waals surface area contributed by atoms with E-state index in [0.29, 0.717) is 23.7 Å². The van der Waals surface area contributed by atoms with Crippen molar-refractivity contribution >= 4 is 17.6 Å². The van der Waals surface area contributed by atoms with Crippen LogP contribution in [-0.2, 0) is 11.3 Å². The van der Waals surface area contributed by atoms with Crippen LogP contribution >= 0.6 is 11.6 Å². The number of nitrogens with zero attached hydrogens (tertiary/aromatic N) is 1. The minimum Gasteiger partial charge on any atom is -0.508 e. The third-order valence-corrected chi connectivity index (χ3v) is 3.18. The highest BCUT2D eigenvalue weighted by molar-refractivity contribution is 6.30. The van der Waals surface area contributed by atoms with Crippen LogP contribution in [0.5, 0.6) is 5.75 Å². The topological polar surface area (TPSA) is 60.8 Å². The molecule has 0 aliphatic rings. The number of phenolic OH excluding ortho intramolecular Hbond substituents is 1. The summed E-state index contributed by atoms with van der Waals surface area (Å²) in [5, 5.41) is 19.2. The van der Waals surface area contributed by atoms with Gasteiger partial charge in [-0.25, -0.2) is 0 Å². The molecule has 19 heavy (non-hydrogen) atoms. The summed E-state index contributed by atoms with van der Waals surface area (Å²) < 4.78 is 0. The SMILES string of the molecule is CC(C)(C)N(CCC(=O)O)Cc1cc(Cl)ccc1O. The molecule has 0 saturated heterocycles. The maximum Gasteiger partial charge on any atom is 0.304 e. The molecule has 4 nitrogen and oxygen atoms in total. The predicted octanol–water partition coefficient (Wildman–Crippen LogP) is 3.12. The zero-order chi connectivity index (χ0) is 14.6. The largest absolute Gasteiger partial charge is 0.508 e. The molecule has 0 saturated carbocycles. The summed E-state index contributed by atoms with van der Waals surface area (Å²) in [6.07, 6.45) is 0.0681. The summed E-state index contributed by atoms with van der Waals surface area (Å²) >= 11 is 5.92. The van der Waals surface area contributed by atoms with Crippen molar-refractivity contribution in [2.75, 3.05) is 6.54 Å². The fraction of sp³-hybridized carbons (Fsp3) is 0.500. The summed E-state index contributed by atoms with van der Waals surface area (Å²) in [5.74, 6) is -0.654. The van der Waals surface area contributed by atoms with E-state index in [9.17, 15) is 9.90 Å². The van der Waals surface area contributed by atoms with Crippen molar-refractivity contribution in [1.29, 1.82) is 0 Å². The molecular weight excluding hydrogens is 266 g/mol. The van der Waals surface area contributed by atoms with E-state index in [2.05, 4.69) is 0 Å². The first-order valence-electron chi connectivity index (χ1n) is 6.14. The summed E-state index contributed by atoms with van der Waals surface area (Å²) in [6.45, 7) is 6.91. The molecule has 1 aromatic carbocycles. The van der Waals surface area contributed by atoms with Crippen LogP contribution in [0.4, 0.5) is 0 Å². The van der Waals surface area contributed by atoms with Crippen LogP contribution in [0.15, 0.2) is 18.2 Å². The van der Waals surface area contributed by atoms with Gasteiger partial charge in [0.15, 0.2) is 0 Å². The van der Waals surface area contributed by atoms with E-state index < -0.39 is 5.97 Å². The van der Waals surface area contributed by atoms with E-state index in [-0.39, 0.29) is 17.7 Å². The Hall–Kier alpha value is -1.26.